The first kappa shape index (κ1) is 16.6. The molecule has 0 spiro atoms. The molecule has 0 atom stereocenters. The van der Waals surface area contributed by atoms with Crippen molar-refractivity contribution in [3.63, 3.8) is 0 Å². The zero-order valence-electron chi connectivity index (χ0n) is 12.3. The fourth-order valence-corrected chi connectivity index (χ4v) is 1.80. The van der Waals surface area contributed by atoms with Crippen molar-refractivity contribution in [2.45, 2.75) is 26.8 Å². The number of likely N-dealkylation sites (N-methyl/N-ethyl adjacent to an activating group) is 1. The zero-order chi connectivity index (χ0) is 16.0. The van der Waals surface area contributed by atoms with Crippen molar-refractivity contribution >= 4 is 17.5 Å². The van der Waals surface area contributed by atoms with Crippen molar-refractivity contribution in [3.05, 3.63) is 39.9 Å². The number of carbonyl (C=O) groups is 2. The van der Waals surface area contributed by atoms with Gasteiger partial charge in [0.25, 0.3) is 11.6 Å². The van der Waals surface area contributed by atoms with E-state index in [4.69, 9.17) is 0 Å². The first-order valence-corrected chi connectivity index (χ1v) is 6.68. The molecule has 114 valence electrons. The fraction of sp³-hybridized carbons (Fsp3) is 0.429. The summed E-state index contributed by atoms with van der Waals surface area (Å²) in [5, 5.41) is 13.4. The maximum absolute atomic E-state index is 12.3. The Balaban J connectivity index is 2.86. The number of rotatable bonds is 6. The summed E-state index contributed by atoms with van der Waals surface area (Å²) >= 11 is 0. The van der Waals surface area contributed by atoms with Gasteiger partial charge < -0.3 is 10.2 Å². The van der Waals surface area contributed by atoms with E-state index in [9.17, 15) is 19.7 Å². The maximum Gasteiger partial charge on any atom is 0.270 e. The van der Waals surface area contributed by atoms with E-state index in [2.05, 4.69) is 5.32 Å². The van der Waals surface area contributed by atoms with Gasteiger partial charge in [0, 0.05) is 30.3 Å². The minimum atomic E-state index is -0.557. The Morgan fingerprint density at radius 2 is 2.05 bits per heavy atom. The normalized spacial score (nSPS) is 10.3. The van der Waals surface area contributed by atoms with E-state index < -0.39 is 10.8 Å². The molecule has 0 heterocycles. The van der Waals surface area contributed by atoms with E-state index in [1.54, 1.807) is 6.92 Å². The number of nitro benzene ring substituents is 1. The lowest BCUT2D eigenvalue weighted by Gasteiger charge is -2.21. The summed E-state index contributed by atoms with van der Waals surface area (Å²) in [6, 6.07) is 5.47. The number of hydrogen-bond donors (Lipinski definition) is 1. The molecule has 0 unspecified atom stereocenters. The van der Waals surface area contributed by atoms with Gasteiger partial charge in [0.1, 0.15) is 0 Å². The molecule has 1 aromatic carbocycles. The van der Waals surface area contributed by atoms with Crippen molar-refractivity contribution in [2.75, 3.05) is 13.1 Å². The molecule has 1 aromatic rings. The van der Waals surface area contributed by atoms with E-state index in [1.165, 1.54) is 29.2 Å². The molecular formula is C14H19N3O4. The van der Waals surface area contributed by atoms with Crippen LogP contribution in [0.5, 0.6) is 0 Å². The fourth-order valence-electron chi connectivity index (χ4n) is 1.80. The van der Waals surface area contributed by atoms with Gasteiger partial charge in [-0.2, -0.15) is 0 Å². The van der Waals surface area contributed by atoms with Crippen molar-refractivity contribution in [1.82, 2.24) is 10.2 Å². The molecule has 0 fully saturated rings. The van der Waals surface area contributed by atoms with Gasteiger partial charge in [0.15, 0.2) is 0 Å². The molecule has 0 aliphatic heterocycles. The van der Waals surface area contributed by atoms with Crippen LogP contribution in [0.4, 0.5) is 5.69 Å². The molecule has 21 heavy (non-hydrogen) atoms. The van der Waals surface area contributed by atoms with Gasteiger partial charge >= 0.3 is 0 Å². The monoisotopic (exact) mass is 293 g/mol. The van der Waals surface area contributed by atoms with Crippen LogP contribution in [-0.2, 0) is 4.79 Å². The number of nitro groups is 1. The van der Waals surface area contributed by atoms with Crippen molar-refractivity contribution in [1.29, 1.82) is 0 Å². The number of benzene rings is 1. The zero-order valence-corrected chi connectivity index (χ0v) is 12.3. The average Bonchev–Trinajstić information content (AvgIpc) is 2.43. The SMILES string of the molecule is CCN(CC(=O)NC(C)C)C(=O)c1cccc([N+](=O)[O-])c1. The number of hydrogen-bond acceptors (Lipinski definition) is 4. The maximum atomic E-state index is 12.3. The molecule has 2 amide bonds. The van der Waals surface area contributed by atoms with Crippen LogP contribution in [0.2, 0.25) is 0 Å². The van der Waals surface area contributed by atoms with Gasteiger partial charge in [-0.05, 0) is 26.8 Å². The summed E-state index contributed by atoms with van der Waals surface area (Å²) in [5.41, 5.74) is 0.0481. The van der Waals surface area contributed by atoms with E-state index in [0.717, 1.165) is 0 Å². The quantitative estimate of drug-likeness (QED) is 0.636. The van der Waals surface area contributed by atoms with E-state index in [0.29, 0.717) is 6.54 Å². The number of nitrogens with zero attached hydrogens (tertiary/aromatic N) is 2. The Bertz CT molecular complexity index is 543. The van der Waals surface area contributed by atoms with Crippen LogP contribution in [-0.4, -0.2) is 40.8 Å². The second-order valence-electron chi connectivity index (χ2n) is 4.85. The van der Waals surface area contributed by atoms with Gasteiger partial charge in [0.05, 0.1) is 11.5 Å². The molecule has 7 heteroatoms. The van der Waals surface area contributed by atoms with Crippen LogP contribution in [0.15, 0.2) is 24.3 Å². The van der Waals surface area contributed by atoms with Crippen LogP contribution in [0.1, 0.15) is 31.1 Å². The predicted molar refractivity (Wildman–Crippen MR) is 78.0 cm³/mol. The number of nitrogens with one attached hydrogen (secondary N) is 1. The number of amides is 2. The highest BCUT2D eigenvalue weighted by atomic mass is 16.6. The van der Waals surface area contributed by atoms with Crippen LogP contribution >= 0.6 is 0 Å². The second kappa shape index (κ2) is 7.37. The minimum Gasteiger partial charge on any atom is -0.352 e. The Labute approximate surface area is 123 Å². The Morgan fingerprint density at radius 1 is 1.38 bits per heavy atom. The summed E-state index contributed by atoms with van der Waals surface area (Å²) in [5.74, 6) is -0.661. The van der Waals surface area contributed by atoms with E-state index in [1.807, 2.05) is 13.8 Å². The highest BCUT2D eigenvalue weighted by molar-refractivity contribution is 5.97. The highest BCUT2D eigenvalue weighted by Gasteiger charge is 2.19. The highest BCUT2D eigenvalue weighted by Crippen LogP contribution is 2.14. The lowest BCUT2D eigenvalue weighted by Crippen LogP contribution is -2.42. The summed E-state index contributed by atoms with van der Waals surface area (Å²) in [6.07, 6.45) is 0. The molecular weight excluding hydrogens is 274 g/mol. The van der Waals surface area contributed by atoms with Crippen LogP contribution in [0.3, 0.4) is 0 Å². The standard InChI is InChI=1S/C14H19N3O4/c1-4-16(9-13(18)15-10(2)3)14(19)11-6-5-7-12(8-11)17(20)21/h5-8,10H,4,9H2,1-3H3,(H,15,18). The van der Waals surface area contributed by atoms with Crippen LogP contribution in [0, 0.1) is 10.1 Å². The Kier molecular flexibility index (Phi) is 5.83. The Hall–Kier alpha value is -2.44. The van der Waals surface area contributed by atoms with Crippen molar-refractivity contribution in [2.24, 2.45) is 0 Å². The van der Waals surface area contributed by atoms with Gasteiger partial charge in [-0.15, -0.1) is 0 Å². The van der Waals surface area contributed by atoms with E-state index >= 15 is 0 Å². The van der Waals surface area contributed by atoms with E-state index in [-0.39, 0.29) is 29.7 Å². The van der Waals surface area contributed by atoms with Crippen LogP contribution in [0.25, 0.3) is 0 Å². The lowest BCUT2D eigenvalue weighted by molar-refractivity contribution is -0.384. The molecule has 7 nitrogen and oxygen atoms in total. The smallest absolute Gasteiger partial charge is 0.270 e. The summed E-state index contributed by atoms with van der Waals surface area (Å²) in [6.45, 7) is 5.67. The van der Waals surface area contributed by atoms with Gasteiger partial charge in [-0.25, -0.2) is 0 Å². The first-order chi connectivity index (χ1) is 9.85. The second-order valence-corrected chi connectivity index (χ2v) is 4.85. The molecule has 0 radical (unpaired) electrons. The van der Waals surface area contributed by atoms with Gasteiger partial charge in [0.2, 0.25) is 5.91 Å². The summed E-state index contributed by atoms with van der Waals surface area (Å²) in [7, 11) is 0. The van der Waals surface area contributed by atoms with Crippen molar-refractivity contribution in [3.8, 4) is 0 Å². The number of carbonyl (C=O) groups excluding carboxylic acids is 2. The average molecular weight is 293 g/mol. The topological polar surface area (TPSA) is 92.6 Å². The minimum absolute atomic E-state index is 0.0101. The molecule has 1 rings (SSSR count). The Morgan fingerprint density at radius 3 is 2.57 bits per heavy atom. The third-order valence-electron chi connectivity index (χ3n) is 2.76. The predicted octanol–water partition coefficient (Wildman–Crippen LogP) is 1.58. The molecule has 0 aliphatic rings. The third-order valence-corrected chi connectivity index (χ3v) is 2.76. The summed E-state index contributed by atoms with van der Waals surface area (Å²) in [4.78, 5) is 35.5. The largest absolute Gasteiger partial charge is 0.352 e. The van der Waals surface area contributed by atoms with Gasteiger partial charge in [-0.3, -0.25) is 19.7 Å². The number of non-ortho nitro benzene ring substituents is 1. The first-order valence-electron chi connectivity index (χ1n) is 6.68. The summed E-state index contributed by atoms with van der Waals surface area (Å²) < 4.78 is 0. The molecule has 0 saturated carbocycles. The molecule has 0 aromatic heterocycles. The van der Waals surface area contributed by atoms with Crippen molar-refractivity contribution < 1.29 is 14.5 Å². The van der Waals surface area contributed by atoms with Gasteiger partial charge in [-0.1, -0.05) is 6.07 Å². The molecule has 0 aliphatic carbocycles. The lowest BCUT2D eigenvalue weighted by atomic mass is 10.1. The molecule has 0 bridgehead atoms. The third kappa shape index (κ3) is 4.87. The molecule has 0 saturated heterocycles. The van der Waals surface area contributed by atoms with Crippen LogP contribution < -0.4 is 5.32 Å². The molecule has 1 N–H and O–H groups in total.